The zero-order valence-corrected chi connectivity index (χ0v) is 8.27. The third kappa shape index (κ3) is 0.960. The van der Waals surface area contributed by atoms with Crippen molar-refractivity contribution in [1.82, 2.24) is 5.32 Å². The fourth-order valence-electron chi connectivity index (χ4n) is 1.78. The molecule has 2 heterocycles. The molecule has 0 bridgehead atoms. The molecule has 0 saturated heterocycles. The highest BCUT2D eigenvalue weighted by molar-refractivity contribution is 7.17. The molecular formula is C11H9NOS. The summed E-state index contributed by atoms with van der Waals surface area (Å²) in [5.74, 6) is 0.369. The van der Waals surface area contributed by atoms with Gasteiger partial charge in [-0.1, -0.05) is 6.07 Å². The first-order chi connectivity index (χ1) is 6.86. The lowest BCUT2D eigenvalue weighted by Gasteiger charge is -1.98. The first-order valence-electron chi connectivity index (χ1n) is 4.50. The minimum absolute atomic E-state index is 0.369. The molecule has 0 spiro atoms. The summed E-state index contributed by atoms with van der Waals surface area (Å²) in [7, 11) is 0. The molecule has 1 aromatic carbocycles. The average Bonchev–Trinajstić information content (AvgIpc) is 2.57. The number of fused-ring (bicyclic) bond motifs is 3. The Morgan fingerprint density at radius 1 is 1.36 bits per heavy atom. The molecule has 0 aliphatic carbocycles. The third-order valence-corrected chi connectivity index (χ3v) is 3.58. The van der Waals surface area contributed by atoms with Crippen LogP contribution in [0, 0.1) is 0 Å². The predicted molar refractivity (Wildman–Crippen MR) is 59.7 cm³/mol. The molecule has 0 amide bonds. The van der Waals surface area contributed by atoms with Gasteiger partial charge in [0.05, 0.1) is 0 Å². The average molecular weight is 203 g/mol. The van der Waals surface area contributed by atoms with E-state index in [0.29, 0.717) is 5.75 Å². The predicted octanol–water partition coefficient (Wildman–Crippen LogP) is 0.729. The summed E-state index contributed by atoms with van der Waals surface area (Å²) in [6, 6.07) is 5.66. The zero-order chi connectivity index (χ0) is 9.54. The molecule has 2 aromatic rings. The van der Waals surface area contributed by atoms with Crippen molar-refractivity contribution in [3.8, 4) is 5.75 Å². The van der Waals surface area contributed by atoms with Crippen LogP contribution in [0.2, 0.25) is 0 Å². The minimum Gasteiger partial charge on any atom is -0.507 e. The van der Waals surface area contributed by atoms with Crippen molar-refractivity contribution in [2.75, 3.05) is 6.54 Å². The largest absolute Gasteiger partial charge is 0.507 e. The Morgan fingerprint density at radius 3 is 3.21 bits per heavy atom. The van der Waals surface area contributed by atoms with Gasteiger partial charge in [-0.15, -0.1) is 11.3 Å². The second kappa shape index (κ2) is 2.75. The van der Waals surface area contributed by atoms with Gasteiger partial charge in [0, 0.05) is 32.6 Å². The van der Waals surface area contributed by atoms with Crippen LogP contribution in [0.1, 0.15) is 0 Å². The van der Waals surface area contributed by atoms with Crippen LogP contribution < -0.4 is 15.1 Å². The molecule has 70 valence electrons. The van der Waals surface area contributed by atoms with Crippen molar-refractivity contribution in [2.24, 2.45) is 0 Å². The smallest absolute Gasteiger partial charge is 0.124 e. The van der Waals surface area contributed by atoms with Crippen molar-refractivity contribution in [1.29, 1.82) is 0 Å². The SMILES string of the molecule is Oc1cccc2sc3c(c12)=CNCC=3. The maximum Gasteiger partial charge on any atom is 0.124 e. The molecule has 14 heavy (non-hydrogen) atoms. The molecule has 1 aliphatic rings. The lowest BCUT2D eigenvalue weighted by atomic mass is 10.2. The van der Waals surface area contributed by atoms with Gasteiger partial charge in [0.15, 0.2) is 0 Å². The molecule has 0 saturated carbocycles. The van der Waals surface area contributed by atoms with Crippen molar-refractivity contribution in [3.63, 3.8) is 0 Å². The van der Waals surface area contributed by atoms with Crippen molar-refractivity contribution >= 4 is 33.7 Å². The number of phenols is 1. The lowest BCUT2D eigenvalue weighted by Crippen LogP contribution is -2.28. The molecular weight excluding hydrogens is 194 g/mol. The molecule has 3 rings (SSSR count). The van der Waals surface area contributed by atoms with Gasteiger partial charge in [-0.25, -0.2) is 0 Å². The van der Waals surface area contributed by atoms with Crippen LogP contribution in [0.15, 0.2) is 18.2 Å². The number of rotatable bonds is 0. The summed E-state index contributed by atoms with van der Waals surface area (Å²) in [4.78, 5) is 0. The highest BCUT2D eigenvalue weighted by Crippen LogP contribution is 2.22. The summed E-state index contributed by atoms with van der Waals surface area (Å²) < 4.78 is 2.39. The van der Waals surface area contributed by atoms with E-state index in [0.717, 1.165) is 21.8 Å². The second-order valence-corrected chi connectivity index (χ2v) is 4.37. The van der Waals surface area contributed by atoms with Gasteiger partial charge in [0.1, 0.15) is 5.75 Å². The molecule has 1 aromatic heterocycles. The van der Waals surface area contributed by atoms with E-state index in [2.05, 4.69) is 11.4 Å². The normalized spacial score (nSPS) is 14.0. The van der Waals surface area contributed by atoms with Crippen molar-refractivity contribution in [3.05, 3.63) is 28.0 Å². The van der Waals surface area contributed by atoms with Crippen molar-refractivity contribution in [2.45, 2.75) is 0 Å². The number of hydrogen-bond acceptors (Lipinski definition) is 3. The topological polar surface area (TPSA) is 32.3 Å². The van der Waals surface area contributed by atoms with E-state index in [9.17, 15) is 5.11 Å². The van der Waals surface area contributed by atoms with Crippen LogP contribution >= 0.6 is 11.3 Å². The molecule has 0 radical (unpaired) electrons. The van der Waals surface area contributed by atoms with Gasteiger partial charge >= 0.3 is 0 Å². The Kier molecular flexibility index (Phi) is 1.55. The Hall–Kier alpha value is -1.48. The standard InChI is InChI=1S/C11H9NOS/c13-8-2-1-3-10-11(8)7-6-12-5-4-9(7)14-10/h1-4,6,12-13H,5H2. The van der Waals surface area contributed by atoms with E-state index < -0.39 is 0 Å². The Bertz CT molecular complexity index is 612. The highest BCUT2D eigenvalue weighted by Gasteiger charge is 2.06. The zero-order valence-electron chi connectivity index (χ0n) is 7.45. The summed E-state index contributed by atoms with van der Waals surface area (Å²) in [6.07, 6.45) is 4.13. The fraction of sp³-hybridized carbons (Fsp3) is 0.0909. The Labute approximate surface area is 84.8 Å². The van der Waals surface area contributed by atoms with Gasteiger partial charge < -0.3 is 10.4 Å². The van der Waals surface area contributed by atoms with Crippen LogP contribution in [0.25, 0.3) is 22.4 Å². The summed E-state index contributed by atoms with van der Waals surface area (Å²) in [6.45, 7) is 0.876. The maximum absolute atomic E-state index is 9.76. The van der Waals surface area contributed by atoms with Crippen LogP contribution in [0.4, 0.5) is 0 Å². The highest BCUT2D eigenvalue weighted by atomic mass is 32.1. The molecule has 2 nitrogen and oxygen atoms in total. The molecule has 3 heteroatoms. The maximum atomic E-state index is 9.76. The van der Waals surface area contributed by atoms with E-state index in [1.807, 2.05) is 18.3 Å². The second-order valence-electron chi connectivity index (χ2n) is 3.29. The summed E-state index contributed by atoms with van der Waals surface area (Å²) in [5.41, 5.74) is 0. The summed E-state index contributed by atoms with van der Waals surface area (Å²) >= 11 is 1.73. The van der Waals surface area contributed by atoms with Gasteiger partial charge in [0.25, 0.3) is 0 Å². The van der Waals surface area contributed by atoms with Gasteiger partial charge in [0.2, 0.25) is 0 Å². The minimum atomic E-state index is 0.369. The molecule has 2 N–H and O–H groups in total. The molecule has 0 fully saturated rings. The third-order valence-electron chi connectivity index (χ3n) is 2.41. The lowest BCUT2D eigenvalue weighted by molar-refractivity contribution is 0.481. The number of hydrogen-bond donors (Lipinski definition) is 2. The van der Waals surface area contributed by atoms with E-state index in [1.54, 1.807) is 17.4 Å². The Balaban J connectivity index is 2.64. The first-order valence-corrected chi connectivity index (χ1v) is 5.32. The van der Waals surface area contributed by atoms with E-state index in [-0.39, 0.29) is 0 Å². The number of phenolic OH excluding ortho intramolecular Hbond substituents is 1. The van der Waals surface area contributed by atoms with E-state index in [1.165, 1.54) is 4.53 Å². The Morgan fingerprint density at radius 2 is 2.29 bits per heavy atom. The number of nitrogens with one attached hydrogen (secondary N) is 1. The molecule has 0 atom stereocenters. The van der Waals surface area contributed by atoms with Crippen LogP contribution in [-0.4, -0.2) is 11.7 Å². The monoisotopic (exact) mass is 203 g/mol. The quantitative estimate of drug-likeness (QED) is 0.661. The first kappa shape index (κ1) is 7.88. The fourth-order valence-corrected chi connectivity index (χ4v) is 2.92. The molecule has 0 unspecified atom stereocenters. The van der Waals surface area contributed by atoms with Gasteiger partial charge in [-0.3, -0.25) is 0 Å². The van der Waals surface area contributed by atoms with Gasteiger partial charge in [-0.2, -0.15) is 0 Å². The number of benzene rings is 1. The van der Waals surface area contributed by atoms with Gasteiger partial charge in [-0.05, 0) is 18.2 Å². The van der Waals surface area contributed by atoms with E-state index >= 15 is 0 Å². The van der Waals surface area contributed by atoms with E-state index in [4.69, 9.17) is 0 Å². The molecule has 1 aliphatic heterocycles. The number of aromatic hydroxyl groups is 1. The van der Waals surface area contributed by atoms with Crippen LogP contribution in [0.3, 0.4) is 0 Å². The van der Waals surface area contributed by atoms with Crippen LogP contribution in [-0.2, 0) is 0 Å². The van der Waals surface area contributed by atoms with Crippen molar-refractivity contribution < 1.29 is 5.11 Å². The summed E-state index contributed by atoms with van der Waals surface area (Å²) in [5, 5.41) is 15.0. The number of thiophene rings is 1. The van der Waals surface area contributed by atoms with Crippen LogP contribution in [0.5, 0.6) is 5.75 Å².